The van der Waals surface area contributed by atoms with Crippen LogP contribution in [0.3, 0.4) is 0 Å². The quantitative estimate of drug-likeness (QED) is 0.920. The molecule has 134 valence electrons. The molecule has 0 aromatic carbocycles. The zero-order valence-corrected chi connectivity index (χ0v) is 15.2. The van der Waals surface area contributed by atoms with Crippen molar-refractivity contribution in [1.82, 2.24) is 14.7 Å². The van der Waals surface area contributed by atoms with Crippen LogP contribution in [0.5, 0.6) is 0 Å². The fourth-order valence-corrected chi connectivity index (χ4v) is 4.20. The molecule has 0 spiro atoms. The van der Waals surface area contributed by atoms with Gasteiger partial charge in [0.15, 0.2) is 0 Å². The number of nitrogens with zero attached hydrogens (tertiary/aromatic N) is 2. The second-order valence-electron chi connectivity index (χ2n) is 8.50. The second kappa shape index (κ2) is 6.30. The van der Waals surface area contributed by atoms with Crippen molar-refractivity contribution in [2.45, 2.75) is 65.1 Å². The van der Waals surface area contributed by atoms with Gasteiger partial charge in [0, 0.05) is 19.7 Å². The lowest BCUT2D eigenvalue weighted by molar-refractivity contribution is 0.0282. The Morgan fingerprint density at radius 3 is 2.71 bits per heavy atom. The van der Waals surface area contributed by atoms with Crippen molar-refractivity contribution in [3.05, 3.63) is 22.1 Å². The zero-order chi connectivity index (χ0) is 17.5. The number of ether oxygens (including phenoxy) is 1. The number of amides is 1. The Morgan fingerprint density at radius 2 is 2.12 bits per heavy atom. The first-order valence-corrected chi connectivity index (χ1v) is 8.94. The summed E-state index contributed by atoms with van der Waals surface area (Å²) < 4.78 is 7.05. The molecule has 3 unspecified atom stereocenters. The summed E-state index contributed by atoms with van der Waals surface area (Å²) in [6.07, 6.45) is 4.90. The maximum Gasteiger partial charge on any atom is 0.410 e. The van der Waals surface area contributed by atoms with Crippen LogP contribution in [0.4, 0.5) is 4.79 Å². The molecule has 2 fully saturated rings. The first-order chi connectivity index (χ1) is 11.2. The van der Waals surface area contributed by atoms with Crippen molar-refractivity contribution in [1.29, 1.82) is 0 Å². The Kier molecular flexibility index (Phi) is 4.49. The summed E-state index contributed by atoms with van der Waals surface area (Å²) in [5.74, 6) is 2.29. The minimum absolute atomic E-state index is 0.00892. The predicted octanol–water partition coefficient (Wildman–Crippen LogP) is 2.98. The summed E-state index contributed by atoms with van der Waals surface area (Å²) >= 11 is 0. The molecule has 6 heteroatoms. The monoisotopic (exact) mass is 335 g/mol. The molecule has 0 aliphatic heterocycles. The lowest BCUT2D eigenvalue weighted by Gasteiger charge is -2.24. The first-order valence-electron chi connectivity index (χ1n) is 8.94. The van der Waals surface area contributed by atoms with Gasteiger partial charge in [-0.25, -0.2) is 4.79 Å². The van der Waals surface area contributed by atoms with Gasteiger partial charge in [0.05, 0.1) is 12.2 Å². The fraction of sp³-hybridized carbons (Fsp3) is 0.778. The van der Waals surface area contributed by atoms with E-state index in [2.05, 4.69) is 5.10 Å². The summed E-state index contributed by atoms with van der Waals surface area (Å²) in [6.45, 7) is 6.63. The Bertz CT molecular complexity index is 655. The molecule has 0 saturated heterocycles. The Morgan fingerprint density at radius 1 is 1.38 bits per heavy atom. The van der Waals surface area contributed by atoms with Gasteiger partial charge in [-0.2, -0.15) is 0 Å². The summed E-state index contributed by atoms with van der Waals surface area (Å²) in [4.78, 5) is 25.7. The minimum atomic E-state index is -0.521. The molecule has 0 radical (unpaired) electrons. The second-order valence-corrected chi connectivity index (χ2v) is 8.50. The van der Waals surface area contributed by atoms with E-state index >= 15 is 0 Å². The smallest absolute Gasteiger partial charge is 0.410 e. The summed E-state index contributed by atoms with van der Waals surface area (Å²) in [5.41, 5.74) is 0.216. The normalized spacial score (nSPS) is 25.9. The Hall–Kier alpha value is -1.72. The topological polar surface area (TPSA) is 67.3 Å². The molecule has 2 aliphatic rings. The van der Waals surface area contributed by atoms with E-state index < -0.39 is 5.60 Å². The number of nitrogens with one attached hydrogen (secondary N) is 1. The van der Waals surface area contributed by atoms with Crippen molar-refractivity contribution < 1.29 is 9.53 Å². The van der Waals surface area contributed by atoms with Crippen LogP contribution in [0.2, 0.25) is 0 Å². The van der Waals surface area contributed by atoms with Gasteiger partial charge in [0.2, 0.25) is 0 Å². The number of aromatic nitrogens is 2. The number of carbonyl (C=O) groups excluding carboxylic acids is 1. The van der Waals surface area contributed by atoms with Crippen molar-refractivity contribution in [3.63, 3.8) is 0 Å². The molecule has 1 aromatic heterocycles. The van der Waals surface area contributed by atoms with Crippen LogP contribution in [0.15, 0.2) is 10.9 Å². The SMILES string of the molecule is CN(Cc1cc(=O)n(CC2CC3CCC2C3)[nH]1)C(=O)OC(C)(C)C. The molecule has 2 bridgehead atoms. The summed E-state index contributed by atoms with van der Waals surface area (Å²) in [5, 5.41) is 3.17. The summed E-state index contributed by atoms with van der Waals surface area (Å²) in [7, 11) is 1.68. The van der Waals surface area contributed by atoms with Gasteiger partial charge in [-0.1, -0.05) is 6.42 Å². The highest BCUT2D eigenvalue weighted by molar-refractivity contribution is 5.67. The highest BCUT2D eigenvalue weighted by Gasteiger charge is 2.39. The van der Waals surface area contributed by atoms with Crippen LogP contribution >= 0.6 is 0 Å². The Balaban J connectivity index is 1.59. The van der Waals surface area contributed by atoms with E-state index in [1.807, 2.05) is 20.8 Å². The summed E-state index contributed by atoms with van der Waals surface area (Å²) in [6, 6.07) is 1.59. The van der Waals surface area contributed by atoms with Crippen molar-refractivity contribution in [3.8, 4) is 0 Å². The number of fused-ring (bicyclic) bond motifs is 2. The standard InChI is InChI=1S/C18H29N3O3/c1-18(2,3)24-17(23)20(4)11-15-9-16(22)21(19-15)10-14-8-12-5-6-13(14)7-12/h9,12-14,19H,5-8,10-11H2,1-4H3. The molecule has 1 amide bonds. The third-order valence-electron chi connectivity index (χ3n) is 5.26. The van der Waals surface area contributed by atoms with E-state index in [0.29, 0.717) is 12.5 Å². The lowest BCUT2D eigenvalue weighted by atomic mass is 9.89. The molecular weight excluding hydrogens is 306 g/mol. The molecule has 2 saturated carbocycles. The predicted molar refractivity (Wildman–Crippen MR) is 91.7 cm³/mol. The van der Waals surface area contributed by atoms with Crippen molar-refractivity contribution >= 4 is 6.09 Å². The van der Waals surface area contributed by atoms with Gasteiger partial charge in [-0.3, -0.25) is 14.6 Å². The number of hydrogen-bond donors (Lipinski definition) is 1. The van der Waals surface area contributed by atoms with E-state index in [1.54, 1.807) is 17.8 Å². The van der Waals surface area contributed by atoms with E-state index in [1.165, 1.54) is 30.6 Å². The van der Waals surface area contributed by atoms with Gasteiger partial charge < -0.3 is 9.64 Å². The van der Waals surface area contributed by atoms with Gasteiger partial charge in [-0.05, 0) is 57.8 Å². The third-order valence-corrected chi connectivity index (χ3v) is 5.26. The molecule has 2 aliphatic carbocycles. The van der Waals surface area contributed by atoms with E-state index in [9.17, 15) is 9.59 Å². The maximum absolute atomic E-state index is 12.2. The van der Waals surface area contributed by atoms with Crippen LogP contribution in [0.25, 0.3) is 0 Å². The molecule has 1 aromatic rings. The number of rotatable bonds is 4. The molecule has 1 heterocycles. The molecule has 3 atom stereocenters. The molecule has 3 rings (SSSR count). The third kappa shape index (κ3) is 3.84. The first kappa shape index (κ1) is 17.1. The van der Waals surface area contributed by atoms with Crippen LogP contribution in [0, 0.1) is 17.8 Å². The average molecular weight is 335 g/mol. The van der Waals surface area contributed by atoms with Crippen LogP contribution in [0.1, 0.15) is 52.1 Å². The highest BCUT2D eigenvalue weighted by Crippen LogP contribution is 2.48. The molecular formula is C18H29N3O3. The van der Waals surface area contributed by atoms with Crippen LogP contribution in [-0.4, -0.2) is 33.4 Å². The molecule has 24 heavy (non-hydrogen) atoms. The van der Waals surface area contributed by atoms with E-state index in [4.69, 9.17) is 4.74 Å². The maximum atomic E-state index is 12.2. The van der Waals surface area contributed by atoms with Gasteiger partial charge in [-0.15, -0.1) is 0 Å². The molecule has 1 N–H and O–H groups in total. The fourth-order valence-electron chi connectivity index (χ4n) is 4.20. The zero-order valence-electron chi connectivity index (χ0n) is 15.2. The van der Waals surface area contributed by atoms with Crippen LogP contribution in [-0.2, 0) is 17.8 Å². The van der Waals surface area contributed by atoms with Gasteiger partial charge in [0.25, 0.3) is 5.56 Å². The number of H-pyrrole nitrogens is 1. The van der Waals surface area contributed by atoms with Crippen LogP contribution < -0.4 is 5.56 Å². The van der Waals surface area contributed by atoms with Gasteiger partial charge in [0.1, 0.15) is 5.60 Å². The molecule has 6 nitrogen and oxygen atoms in total. The number of hydrogen-bond acceptors (Lipinski definition) is 3. The number of aromatic amines is 1. The van der Waals surface area contributed by atoms with E-state index in [0.717, 1.165) is 24.1 Å². The number of carbonyl (C=O) groups is 1. The van der Waals surface area contributed by atoms with Crippen molar-refractivity contribution in [2.24, 2.45) is 17.8 Å². The van der Waals surface area contributed by atoms with Crippen molar-refractivity contribution in [2.75, 3.05) is 7.05 Å². The lowest BCUT2D eigenvalue weighted by Crippen LogP contribution is -2.33. The van der Waals surface area contributed by atoms with E-state index in [-0.39, 0.29) is 11.7 Å². The minimum Gasteiger partial charge on any atom is -0.444 e. The highest BCUT2D eigenvalue weighted by atomic mass is 16.6. The Labute approximate surface area is 143 Å². The largest absolute Gasteiger partial charge is 0.444 e. The average Bonchev–Trinajstić information content (AvgIpc) is 3.14. The van der Waals surface area contributed by atoms with Gasteiger partial charge >= 0.3 is 6.09 Å².